The highest BCUT2D eigenvalue weighted by Crippen LogP contribution is 1.89. The fourth-order valence-electron chi connectivity index (χ4n) is 0.466. The first kappa shape index (κ1) is 11.3. The highest BCUT2D eigenvalue weighted by Gasteiger charge is 2.21. The first-order valence-electron chi connectivity index (χ1n) is 3.26. The number of aliphatic hydroxyl groups is 1. The van der Waals surface area contributed by atoms with Gasteiger partial charge in [-0.25, -0.2) is 8.42 Å². The molecule has 0 radical (unpaired) electrons. The summed E-state index contributed by atoms with van der Waals surface area (Å²) >= 11 is 0. The van der Waals surface area contributed by atoms with Gasteiger partial charge < -0.3 is 10.2 Å². The molecule has 0 bridgehead atoms. The van der Waals surface area contributed by atoms with Crippen LogP contribution in [0, 0.1) is 0 Å². The number of aliphatic carboxylic acids is 1. The Labute approximate surface area is 70.3 Å². The molecule has 12 heavy (non-hydrogen) atoms. The van der Waals surface area contributed by atoms with Gasteiger partial charge >= 0.3 is 5.97 Å². The number of carboxylic acids is 1. The fraction of sp³-hybridized carbons (Fsp3) is 0.800. The Morgan fingerprint density at radius 1 is 1.58 bits per heavy atom. The Hall–Kier alpha value is -0.660. The lowest BCUT2D eigenvalue weighted by molar-refractivity contribution is -0.139. The Kier molecular flexibility index (Phi) is 4.15. The van der Waals surface area contributed by atoms with E-state index in [1.807, 2.05) is 4.72 Å². The van der Waals surface area contributed by atoms with Crippen LogP contribution in [0.1, 0.15) is 6.92 Å². The Bertz CT molecular complexity index is 247. The molecule has 3 N–H and O–H groups in total. The maximum absolute atomic E-state index is 10.8. The predicted molar refractivity (Wildman–Crippen MR) is 41.1 cm³/mol. The molecule has 0 saturated carbocycles. The molecule has 0 aliphatic rings. The largest absolute Gasteiger partial charge is 0.480 e. The lowest BCUT2D eigenvalue weighted by Gasteiger charge is -2.10. The molecule has 0 fully saturated rings. The van der Waals surface area contributed by atoms with Crippen LogP contribution in [0.2, 0.25) is 0 Å². The second-order valence-corrected chi connectivity index (χ2v) is 4.14. The van der Waals surface area contributed by atoms with E-state index in [1.165, 1.54) is 6.92 Å². The zero-order valence-electron chi connectivity index (χ0n) is 6.52. The standard InChI is InChI=1S/C5H11NO5S/c1-2-12(10,11)6-4(3-7)5(8)9/h4,6-7H,2-3H2,1H3,(H,8,9). The molecular weight excluding hydrogens is 186 g/mol. The van der Waals surface area contributed by atoms with Crippen molar-refractivity contribution in [3.05, 3.63) is 0 Å². The van der Waals surface area contributed by atoms with Gasteiger partial charge in [-0.15, -0.1) is 0 Å². The van der Waals surface area contributed by atoms with Gasteiger partial charge in [-0.2, -0.15) is 4.72 Å². The molecule has 0 rings (SSSR count). The summed E-state index contributed by atoms with van der Waals surface area (Å²) in [7, 11) is -3.57. The van der Waals surface area contributed by atoms with Crippen LogP contribution in [0.3, 0.4) is 0 Å². The Balaban J connectivity index is 4.32. The molecule has 0 aromatic rings. The third-order valence-corrected chi connectivity index (χ3v) is 2.59. The minimum atomic E-state index is -3.57. The molecule has 0 aromatic heterocycles. The number of carbonyl (C=O) groups is 1. The van der Waals surface area contributed by atoms with Crippen LogP contribution in [0.5, 0.6) is 0 Å². The number of rotatable bonds is 5. The van der Waals surface area contributed by atoms with Crippen LogP contribution in [0.4, 0.5) is 0 Å². The first-order chi connectivity index (χ1) is 5.43. The Morgan fingerprint density at radius 2 is 2.08 bits per heavy atom. The van der Waals surface area contributed by atoms with Crippen molar-refractivity contribution in [3.63, 3.8) is 0 Å². The van der Waals surface area contributed by atoms with Gasteiger partial charge in [-0.1, -0.05) is 0 Å². The van der Waals surface area contributed by atoms with Crippen molar-refractivity contribution in [2.24, 2.45) is 0 Å². The Morgan fingerprint density at radius 3 is 2.33 bits per heavy atom. The first-order valence-corrected chi connectivity index (χ1v) is 4.92. The number of sulfonamides is 1. The molecule has 0 aliphatic carbocycles. The summed E-state index contributed by atoms with van der Waals surface area (Å²) < 4.78 is 23.4. The van der Waals surface area contributed by atoms with E-state index >= 15 is 0 Å². The van der Waals surface area contributed by atoms with E-state index in [2.05, 4.69) is 0 Å². The quantitative estimate of drug-likeness (QED) is 0.491. The number of aliphatic hydroxyl groups excluding tert-OH is 1. The van der Waals surface area contributed by atoms with Gasteiger partial charge in [0.15, 0.2) is 0 Å². The fourth-order valence-corrected chi connectivity index (χ4v) is 1.24. The van der Waals surface area contributed by atoms with Gasteiger partial charge in [0.1, 0.15) is 6.04 Å². The third kappa shape index (κ3) is 3.65. The molecule has 0 aromatic carbocycles. The number of carboxylic acid groups (broad SMARTS) is 1. The molecule has 0 amide bonds. The zero-order chi connectivity index (χ0) is 9.78. The van der Waals surface area contributed by atoms with Crippen molar-refractivity contribution in [3.8, 4) is 0 Å². The van der Waals surface area contributed by atoms with Gasteiger partial charge in [0.05, 0.1) is 12.4 Å². The van der Waals surface area contributed by atoms with Crippen molar-refractivity contribution in [2.75, 3.05) is 12.4 Å². The summed E-state index contributed by atoms with van der Waals surface area (Å²) in [4.78, 5) is 10.2. The normalized spacial score (nSPS) is 14.2. The number of hydrogen-bond donors (Lipinski definition) is 3. The summed E-state index contributed by atoms with van der Waals surface area (Å²) in [6.07, 6.45) is 0. The maximum atomic E-state index is 10.8. The molecule has 7 heteroatoms. The molecule has 0 aliphatic heterocycles. The highest BCUT2D eigenvalue weighted by molar-refractivity contribution is 7.89. The van der Waals surface area contributed by atoms with Gasteiger partial charge in [0, 0.05) is 0 Å². The minimum absolute atomic E-state index is 0.212. The molecule has 72 valence electrons. The van der Waals surface area contributed by atoms with Crippen molar-refractivity contribution >= 4 is 16.0 Å². The van der Waals surface area contributed by atoms with Crippen LogP contribution in [0.15, 0.2) is 0 Å². The van der Waals surface area contributed by atoms with Gasteiger partial charge in [-0.3, -0.25) is 4.79 Å². The van der Waals surface area contributed by atoms with E-state index in [1.54, 1.807) is 0 Å². The van der Waals surface area contributed by atoms with Gasteiger partial charge in [-0.05, 0) is 6.92 Å². The van der Waals surface area contributed by atoms with Crippen molar-refractivity contribution in [1.82, 2.24) is 4.72 Å². The summed E-state index contributed by atoms with van der Waals surface area (Å²) in [5, 5.41) is 16.8. The average molecular weight is 197 g/mol. The minimum Gasteiger partial charge on any atom is -0.480 e. The monoisotopic (exact) mass is 197 g/mol. The summed E-state index contributed by atoms with van der Waals surface area (Å²) in [6, 6.07) is -1.45. The van der Waals surface area contributed by atoms with E-state index < -0.39 is 28.6 Å². The molecule has 1 atom stereocenters. The number of hydrogen-bond acceptors (Lipinski definition) is 4. The lowest BCUT2D eigenvalue weighted by atomic mass is 10.3. The lowest BCUT2D eigenvalue weighted by Crippen LogP contribution is -2.43. The molecule has 0 saturated heterocycles. The molecule has 1 unspecified atom stereocenters. The molecule has 0 heterocycles. The van der Waals surface area contributed by atoms with Crippen molar-refractivity contribution in [1.29, 1.82) is 0 Å². The van der Waals surface area contributed by atoms with E-state index in [9.17, 15) is 13.2 Å². The van der Waals surface area contributed by atoms with Crippen LogP contribution in [-0.4, -0.2) is 43.0 Å². The second-order valence-electron chi connectivity index (χ2n) is 2.09. The molecule has 6 nitrogen and oxygen atoms in total. The van der Waals surface area contributed by atoms with Gasteiger partial charge in [0.2, 0.25) is 10.0 Å². The van der Waals surface area contributed by atoms with Crippen LogP contribution in [0.25, 0.3) is 0 Å². The summed E-state index contributed by atoms with van der Waals surface area (Å²) in [5.41, 5.74) is 0. The topological polar surface area (TPSA) is 104 Å². The number of nitrogens with one attached hydrogen (secondary N) is 1. The predicted octanol–water partition coefficient (Wildman–Crippen LogP) is -1.63. The van der Waals surface area contributed by atoms with Gasteiger partial charge in [0.25, 0.3) is 0 Å². The second kappa shape index (κ2) is 4.39. The van der Waals surface area contributed by atoms with Crippen LogP contribution < -0.4 is 4.72 Å². The van der Waals surface area contributed by atoms with E-state index in [0.29, 0.717) is 0 Å². The summed E-state index contributed by atoms with van der Waals surface area (Å²) in [5.74, 6) is -1.61. The summed E-state index contributed by atoms with van der Waals surface area (Å²) in [6.45, 7) is 0.618. The average Bonchev–Trinajstić information content (AvgIpc) is 2.00. The van der Waals surface area contributed by atoms with Crippen LogP contribution >= 0.6 is 0 Å². The van der Waals surface area contributed by atoms with Crippen molar-refractivity contribution < 1.29 is 23.4 Å². The highest BCUT2D eigenvalue weighted by atomic mass is 32.2. The maximum Gasteiger partial charge on any atom is 0.324 e. The van der Waals surface area contributed by atoms with E-state index in [0.717, 1.165) is 0 Å². The van der Waals surface area contributed by atoms with Crippen LogP contribution in [-0.2, 0) is 14.8 Å². The zero-order valence-corrected chi connectivity index (χ0v) is 7.34. The van der Waals surface area contributed by atoms with Crippen molar-refractivity contribution in [2.45, 2.75) is 13.0 Å². The third-order valence-electron chi connectivity index (χ3n) is 1.18. The SMILES string of the molecule is CCS(=O)(=O)NC(CO)C(=O)O. The van der Waals surface area contributed by atoms with E-state index in [4.69, 9.17) is 10.2 Å². The van der Waals surface area contributed by atoms with E-state index in [-0.39, 0.29) is 5.75 Å². The molecule has 0 spiro atoms. The molecular formula is C5H11NO5S. The smallest absolute Gasteiger partial charge is 0.324 e.